The molecule has 0 aliphatic rings. The van der Waals surface area contributed by atoms with Crippen LogP contribution in [0.4, 0.5) is 8.78 Å². The van der Waals surface area contributed by atoms with Crippen LogP contribution in [0.5, 0.6) is 5.75 Å². The maximum atomic E-state index is 14.4. The second-order valence-corrected chi connectivity index (χ2v) is 8.14. The molecule has 6 nitrogen and oxygen atoms in total. The van der Waals surface area contributed by atoms with Crippen LogP contribution < -0.4 is 4.74 Å². The second kappa shape index (κ2) is 10.5. The predicted octanol–water partition coefficient (Wildman–Crippen LogP) is 4.54. The van der Waals surface area contributed by atoms with Crippen molar-refractivity contribution >= 4 is 57.1 Å². The number of hydrogen-bond donors (Lipinski definition) is 1. The van der Waals surface area contributed by atoms with Crippen molar-refractivity contribution in [1.29, 1.82) is 0 Å². The number of halogens is 4. The van der Waals surface area contributed by atoms with Crippen molar-refractivity contribution in [1.82, 2.24) is 0 Å². The Balaban J connectivity index is 2.43. The number of rotatable bonds is 9. The third-order valence-corrected chi connectivity index (χ3v) is 5.13. The molecule has 0 spiro atoms. The number of carbonyl (C=O) groups excluding carboxylic acids is 1. The Hall–Kier alpha value is -1.54. The van der Waals surface area contributed by atoms with Crippen LogP contribution in [-0.2, 0) is 14.3 Å². The van der Waals surface area contributed by atoms with Gasteiger partial charge in [0.1, 0.15) is 17.9 Å². The summed E-state index contributed by atoms with van der Waals surface area (Å²) in [5, 5.41) is 8.96. The molecule has 0 bridgehead atoms. The zero-order chi connectivity index (χ0) is 21.6. The molecule has 1 atom stereocenters. The van der Waals surface area contributed by atoms with E-state index < -0.39 is 24.0 Å². The maximum Gasteiger partial charge on any atom is 0.382 e. The fourth-order valence-corrected chi connectivity index (χ4v) is 4.35. The lowest BCUT2D eigenvalue weighted by Crippen LogP contribution is -2.38. The van der Waals surface area contributed by atoms with Gasteiger partial charge < -0.3 is 19.3 Å². The lowest BCUT2D eigenvalue weighted by atomic mass is 10.0. The molecule has 0 amide bonds. The molecule has 1 unspecified atom stereocenters. The summed E-state index contributed by atoms with van der Waals surface area (Å²) in [7, 11) is 1.48. The second-order valence-electron chi connectivity index (χ2n) is 5.73. The molecule has 0 fully saturated rings. The van der Waals surface area contributed by atoms with E-state index in [4.69, 9.17) is 19.3 Å². The third kappa shape index (κ3) is 5.98. The fourth-order valence-electron chi connectivity index (χ4n) is 2.35. The summed E-state index contributed by atoms with van der Waals surface area (Å²) in [6.45, 7) is 0.376. The normalized spacial score (nSPS) is 12.3. The maximum absolute atomic E-state index is 14.4. The summed E-state index contributed by atoms with van der Waals surface area (Å²) in [4.78, 5) is 23.9. The van der Waals surface area contributed by atoms with Crippen molar-refractivity contribution in [3.63, 3.8) is 0 Å². The van der Waals surface area contributed by atoms with E-state index in [-0.39, 0.29) is 30.1 Å². The largest absolute Gasteiger partial charge is 0.489 e. The molecular formula is C19H16F2I2O6. The van der Waals surface area contributed by atoms with Gasteiger partial charge in [0.2, 0.25) is 6.10 Å². The summed E-state index contributed by atoms with van der Waals surface area (Å²) in [5.74, 6) is -7.70. The Morgan fingerprint density at radius 3 is 2.38 bits per heavy atom. The van der Waals surface area contributed by atoms with Gasteiger partial charge >= 0.3 is 17.9 Å². The molecule has 2 aromatic carbocycles. The highest BCUT2D eigenvalue weighted by Gasteiger charge is 2.51. The number of hydrogen-bond acceptors (Lipinski definition) is 5. The number of benzene rings is 2. The lowest BCUT2D eigenvalue weighted by molar-refractivity contribution is -0.183. The highest BCUT2D eigenvalue weighted by Crippen LogP contribution is 2.37. The number of esters is 1. The van der Waals surface area contributed by atoms with Crippen LogP contribution in [0.15, 0.2) is 42.5 Å². The van der Waals surface area contributed by atoms with E-state index in [1.165, 1.54) is 37.4 Å². The molecule has 0 heterocycles. The number of carbonyl (C=O) groups is 2. The molecule has 2 aromatic rings. The van der Waals surface area contributed by atoms with Crippen LogP contribution >= 0.6 is 45.2 Å². The smallest absolute Gasteiger partial charge is 0.382 e. The SMILES string of the molecule is COCCOc1c(I)cc(I)cc1C(=O)OC(c1ccccc1)C(F)(F)C(=O)O. The van der Waals surface area contributed by atoms with Crippen LogP contribution in [0.3, 0.4) is 0 Å². The predicted molar refractivity (Wildman–Crippen MR) is 116 cm³/mol. The van der Waals surface area contributed by atoms with Gasteiger partial charge in [-0.1, -0.05) is 30.3 Å². The van der Waals surface area contributed by atoms with Gasteiger partial charge in [-0.25, -0.2) is 9.59 Å². The molecule has 0 aromatic heterocycles. The average molecular weight is 632 g/mol. The first-order valence-corrected chi connectivity index (χ1v) is 10.3. The van der Waals surface area contributed by atoms with Crippen molar-refractivity contribution in [2.45, 2.75) is 12.0 Å². The molecule has 156 valence electrons. The highest BCUT2D eigenvalue weighted by atomic mass is 127. The zero-order valence-electron chi connectivity index (χ0n) is 15.0. The van der Waals surface area contributed by atoms with E-state index in [0.717, 1.165) is 0 Å². The van der Waals surface area contributed by atoms with Crippen LogP contribution in [0.2, 0.25) is 0 Å². The van der Waals surface area contributed by atoms with Gasteiger partial charge in [0.15, 0.2) is 0 Å². The van der Waals surface area contributed by atoms with Gasteiger partial charge in [0.05, 0.1) is 10.2 Å². The van der Waals surface area contributed by atoms with Crippen molar-refractivity contribution in [3.05, 3.63) is 60.7 Å². The van der Waals surface area contributed by atoms with Crippen LogP contribution in [0.1, 0.15) is 22.0 Å². The van der Waals surface area contributed by atoms with Gasteiger partial charge in [-0.2, -0.15) is 8.78 Å². The third-order valence-electron chi connectivity index (χ3n) is 3.70. The number of alkyl halides is 2. The summed E-state index contributed by atoms with van der Waals surface area (Å²) < 4.78 is 45.4. The van der Waals surface area contributed by atoms with E-state index in [1.54, 1.807) is 12.1 Å². The number of aliphatic carboxylic acids is 1. The zero-order valence-corrected chi connectivity index (χ0v) is 19.3. The molecule has 1 N–H and O–H groups in total. The Morgan fingerprint density at radius 2 is 1.79 bits per heavy atom. The van der Waals surface area contributed by atoms with Crippen molar-refractivity contribution < 1.29 is 37.7 Å². The van der Waals surface area contributed by atoms with Gasteiger partial charge in [-0.3, -0.25) is 0 Å². The first kappa shape index (κ1) is 23.7. The molecule has 0 radical (unpaired) electrons. The number of carboxylic acids is 1. The van der Waals surface area contributed by atoms with Crippen molar-refractivity contribution in [2.24, 2.45) is 0 Å². The summed E-state index contributed by atoms with van der Waals surface area (Å²) in [6, 6.07) is 10.2. The monoisotopic (exact) mass is 632 g/mol. The Bertz CT molecular complexity index is 877. The average Bonchev–Trinajstić information content (AvgIpc) is 2.67. The quantitative estimate of drug-likeness (QED) is 0.249. The van der Waals surface area contributed by atoms with Crippen molar-refractivity contribution in [3.8, 4) is 5.75 Å². The molecule has 29 heavy (non-hydrogen) atoms. The molecule has 10 heteroatoms. The van der Waals surface area contributed by atoms with Crippen LogP contribution in [0.25, 0.3) is 0 Å². The molecule has 0 aliphatic carbocycles. The molecular weight excluding hydrogens is 616 g/mol. The van der Waals surface area contributed by atoms with E-state index in [2.05, 4.69) is 0 Å². The topological polar surface area (TPSA) is 82.1 Å². The fraction of sp³-hybridized carbons (Fsp3) is 0.263. The van der Waals surface area contributed by atoms with Gasteiger partial charge in [0, 0.05) is 10.7 Å². The molecule has 0 aliphatic heterocycles. The van der Waals surface area contributed by atoms with Gasteiger partial charge in [0.25, 0.3) is 0 Å². The summed E-state index contributed by atoms with van der Waals surface area (Å²) in [6.07, 6.45) is -2.31. The van der Waals surface area contributed by atoms with E-state index >= 15 is 0 Å². The first-order valence-electron chi connectivity index (χ1n) is 8.16. The van der Waals surface area contributed by atoms with Crippen LogP contribution in [-0.4, -0.2) is 43.3 Å². The molecule has 0 saturated carbocycles. The molecule has 2 rings (SSSR count). The minimum absolute atomic E-state index is 0.0838. The van der Waals surface area contributed by atoms with E-state index in [0.29, 0.717) is 7.14 Å². The number of methoxy groups -OCH3 is 1. The van der Waals surface area contributed by atoms with Gasteiger partial charge in [-0.15, -0.1) is 0 Å². The van der Waals surface area contributed by atoms with Gasteiger partial charge in [-0.05, 0) is 62.9 Å². The minimum Gasteiger partial charge on any atom is -0.489 e. The van der Waals surface area contributed by atoms with Crippen LogP contribution in [0, 0.1) is 7.14 Å². The van der Waals surface area contributed by atoms with E-state index in [1.807, 2.05) is 45.2 Å². The minimum atomic E-state index is -4.33. The molecule has 0 saturated heterocycles. The lowest BCUT2D eigenvalue weighted by Gasteiger charge is -2.24. The summed E-state index contributed by atoms with van der Waals surface area (Å²) in [5.41, 5.74) is -0.227. The Kier molecular flexibility index (Phi) is 8.58. The first-order chi connectivity index (χ1) is 13.7. The van der Waals surface area contributed by atoms with Crippen molar-refractivity contribution in [2.75, 3.05) is 20.3 Å². The Morgan fingerprint density at radius 1 is 1.14 bits per heavy atom. The van der Waals surface area contributed by atoms with E-state index in [9.17, 15) is 18.4 Å². The number of carboxylic acid groups (broad SMARTS) is 1. The Labute approximate surface area is 192 Å². The highest BCUT2D eigenvalue weighted by molar-refractivity contribution is 14.1. The standard InChI is InChI=1S/C19H16F2I2O6/c1-27-7-8-28-15-13(9-12(22)10-14(15)23)17(24)29-16(19(20,21)18(25)26)11-5-3-2-4-6-11/h2-6,9-10,16H,7-8H2,1H3,(H,25,26). The summed E-state index contributed by atoms with van der Waals surface area (Å²) >= 11 is 3.91. The number of ether oxygens (including phenoxy) is 3.